The van der Waals surface area contributed by atoms with Gasteiger partial charge in [0.2, 0.25) is 0 Å². The molecule has 100 valence electrons. The summed E-state index contributed by atoms with van der Waals surface area (Å²) < 4.78 is 0. The van der Waals surface area contributed by atoms with E-state index in [1.807, 2.05) is 0 Å². The molecule has 0 spiro atoms. The molecule has 0 radical (unpaired) electrons. The standard InChI is InChI=1S/C15H24N2S/c1-14(2,3)13-17-12(9-18-13)8-16-10-15(6-7-15)11-4-5-11/h9,11,16H,4-8,10H2,1-3H3. The summed E-state index contributed by atoms with van der Waals surface area (Å²) in [5.41, 5.74) is 2.11. The van der Waals surface area contributed by atoms with Crippen molar-refractivity contribution in [2.45, 2.75) is 58.4 Å². The zero-order chi connectivity index (χ0) is 12.8. The molecule has 2 nitrogen and oxygen atoms in total. The minimum Gasteiger partial charge on any atom is -0.311 e. The molecule has 0 atom stereocenters. The summed E-state index contributed by atoms with van der Waals surface area (Å²) in [6.45, 7) is 8.85. The maximum absolute atomic E-state index is 4.74. The van der Waals surface area contributed by atoms with Crippen LogP contribution in [0, 0.1) is 11.3 Å². The summed E-state index contributed by atoms with van der Waals surface area (Å²) in [6.07, 6.45) is 5.86. The SMILES string of the molecule is CC(C)(C)c1nc(CNCC2(C3CC3)CC2)cs1. The second-order valence-corrected chi connectivity index (χ2v) is 7.99. The zero-order valence-electron chi connectivity index (χ0n) is 11.8. The quantitative estimate of drug-likeness (QED) is 0.876. The summed E-state index contributed by atoms with van der Waals surface area (Å²) in [5, 5.41) is 7.10. The highest BCUT2D eigenvalue weighted by atomic mass is 32.1. The Kier molecular flexibility index (Phi) is 3.02. The molecule has 0 bridgehead atoms. The van der Waals surface area contributed by atoms with Crippen molar-refractivity contribution in [1.82, 2.24) is 10.3 Å². The van der Waals surface area contributed by atoms with Gasteiger partial charge in [-0.3, -0.25) is 0 Å². The molecule has 1 aromatic rings. The van der Waals surface area contributed by atoms with E-state index in [0.717, 1.165) is 12.5 Å². The third-order valence-electron chi connectivity index (χ3n) is 4.31. The Balaban J connectivity index is 1.50. The topological polar surface area (TPSA) is 24.9 Å². The molecule has 0 unspecified atom stereocenters. The Hall–Kier alpha value is -0.410. The summed E-state index contributed by atoms with van der Waals surface area (Å²) in [4.78, 5) is 4.74. The fourth-order valence-corrected chi connectivity index (χ4v) is 3.67. The molecule has 0 aromatic carbocycles. The molecular weight excluding hydrogens is 240 g/mol. The van der Waals surface area contributed by atoms with Crippen molar-refractivity contribution in [3.63, 3.8) is 0 Å². The van der Waals surface area contributed by atoms with Crippen LogP contribution in [0.4, 0.5) is 0 Å². The molecule has 2 aliphatic rings. The normalized spacial score (nSPS) is 22.2. The van der Waals surface area contributed by atoms with E-state index in [0.29, 0.717) is 5.41 Å². The van der Waals surface area contributed by atoms with Gasteiger partial charge in [-0.1, -0.05) is 20.8 Å². The molecule has 2 fully saturated rings. The minimum absolute atomic E-state index is 0.189. The van der Waals surface area contributed by atoms with Crippen LogP contribution in [0.25, 0.3) is 0 Å². The third kappa shape index (κ3) is 2.62. The molecule has 3 rings (SSSR count). The number of aromatic nitrogens is 1. The molecule has 0 aliphatic heterocycles. The summed E-state index contributed by atoms with van der Waals surface area (Å²) in [7, 11) is 0. The van der Waals surface area contributed by atoms with Gasteiger partial charge in [0.15, 0.2) is 0 Å². The molecule has 0 saturated heterocycles. The van der Waals surface area contributed by atoms with Crippen molar-refractivity contribution in [3.05, 3.63) is 16.1 Å². The fraction of sp³-hybridized carbons (Fsp3) is 0.800. The molecule has 1 N–H and O–H groups in total. The number of thiazole rings is 1. The molecule has 1 aromatic heterocycles. The highest BCUT2D eigenvalue weighted by Gasteiger charge is 2.53. The van der Waals surface area contributed by atoms with Crippen molar-refractivity contribution in [1.29, 1.82) is 0 Å². The van der Waals surface area contributed by atoms with Crippen molar-refractivity contribution in [2.24, 2.45) is 11.3 Å². The average molecular weight is 264 g/mol. The molecule has 2 aliphatic carbocycles. The summed E-state index contributed by atoms with van der Waals surface area (Å²) in [5.74, 6) is 1.05. The van der Waals surface area contributed by atoms with Gasteiger partial charge in [-0.2, -0.15) is 0 Å². The smallest absolute Gasteiger partial charge is 0.0982 e. The van der Waals surface area contributed by atoms with E-state index in [-0.39, 0.29) is 5.41 Å². The van der Waals surface area contributed by atoms with Gasteiger partial charge >= 0.3 is 0 Å². The first-order chi connectivity index (χ1) is 8.50. The maximum Gasteiger partial charge on any atom is 0.0982 e. The Morgan fingerprint density at radius 1 is 1.39 bits per heavy atom. The van der Waals surface area contributed by atoms with E-state index >= 15 is 0 Å². The number of rotatable bonds is 5. The first-order valence-corrected chi connectivity index (χ1v) is 8.03. The van der Waals surface area contributed by atoms with E-state index < -0.39 is 0 Å². The molecule has 3 heteroatoms. The summed E-state index contributed by atoms with van der Waals surface area (Å²) >= 11 is 1.80. The van der Waals surface area contributed by atoms with Crippen LogP contribution in [0.3, 0.4) is 0 Å². The van der Waals surface area contributed by atoms with E-state index in [9.17, 15) is 0 Å². The van der Waals surface area contributed by atoms with Crippen LogP contribution >= 0.6 is 11.3 Å². The second kappa shape index (κ2) is 4.31. The minimum atomic E-state index is 0.189. The van der Waals surface area contributed by atoms with E-state index in [1.165, 1.54) is 42.9 Å². The van der Waals surface area contributed by atoms with E-state index in [4.69, 9.17) is 4.98 Å². The Morgan fingerprint density at radius 3 is 2.61 bits per heavy atom. The second-order valence-electron chi connectivity index (χ2n) is 7.13. The molecule has 2 saturated carbocycles. The molecule has 18 heavy (non-hydrogen) atoms. The van der Waals surface area contributed by atoms with Gasteiger partial charge in [0, 0.05) is 23.9 Å². The first-order valence-electron chi connectivity index (χ1n) is 7.15. The maximum atomic E-state index is 4.74. The van der Waals surface area contributed by atoms with Gasteiger partial charge < -0.3 is 5.32 Å². The lowest BCUT2D eigenvalue weighted by Crippen LogP contribution is -2.25. The van der Waals surface area contributed by atoms with Crippen molar-refractivity contribution >= 4 is 11.3 Å². The van der Waals surface area contributed by atoms with Crippen LogP contribution in [-0.4, -0.2) is 11.5 Å². The van der Waals surface area contributed by atoms with Gasteiger partial charge in [0.25, 0.3) is 0 Å². The molecule has 1 heterocycles. The van der Waals surface area contributed by atoms with Gasteiger partial charge in [-0.25, -0.2) is 4.98 Å². The van der Waals surface area contributed by atoms with E-state index in [2.05, 4.69) is 31.5 Å². The number of hydrogen-bond donors (Lipinski definition) is 1. The van der Waals surface area contributed by atoms with Gasteiger partial charge in [0.1, 0.15) is 0 Å². The third-order valence-corrected chi connectivity index (χ3v) is 5.63. The monoisotopic (exact) mass is 264 g/mol. The van der Waals surface area contributed by atoms with Crippen LogP contribution in [0.15, 0.2) is 5.38 Å². The summed E-state index contributed by atoms with van der Waals surface area (Å²) in [6, 6.07) is 0. The predicted molar refractivity (Wildman–Crippen MR) is 76.9 cm³/mol. The number of hydrogen-bond acceptors (Lipinski definition) is 3. The Morgan fingerprint density at radius 2 is 2.11 bits per heavy atom. The van der Waals surface area contributed by atoms with Crippen molar-refractivity contribution in [2.75, 3.05) is 6.54 Å². The van der Waals surface area contributed by atoms with Gasteiger partial charge in [0.05, 0.1) is 10.7 Å². The van der Waals surface area contributed by atoms with E-state index in [1.54, 1.807) is 11.3 Å². The zero-order valence-corrected chi connectivity index (χ0v) is 12.6. The highest BCUT2D eigenvalue weighted by Crippen LogP contribution is 2.60. The van der Waals surface area contributed by atoms with Crippen LogP contribution in [-0.2, 0) is 12.0 Å². The van der Waals surface area contributed by atoms with Crippen LogP contribution in [0.2, 0.25) is 0 Å². The highest BCUT2D eigenvalue weighted by molar-refractivity contribution is 7.09. The van der Waals surface area contributed by atoms with Crippen LogP contribution in [0.5, 0.6) is 0 Å². The number of nitrogens with one attached hydrogen (secondary N) is 1. The van der Waals surface area contributed by atoms with Crippen LogP contribution in [0.1, 0.15) is 57.2 Å². The van der Waals surface area contributed by atoms with Gasteiger partial charge in [-0.15, -0.1) is 11.3 Å². The largest absolute Gasteiger partial charge is 0.311 e. The van der Waals surface area contributed by atoms with Crippen LogP contribution < -0.4 is 5.32 Å². The lowest BCUT2D eigenvalue weighted by atomic mass is 9.98. The lowest BCUT2D eigenvalue weighted by molar-refractivity contribution is 0.402. The Bertz CT molecular complexity index is 422. The van der Waals surface area contributed by atoms with Gasteiger partial charge in [-0.05, 0) is 37.0 Å². The first kappa shape index (κ1) is 12.6. The molecule has 0 amide bonds. The lowest BCUT2D eigenvalue weighted by Gasteiger charge is -2.15. The van der Waals surface area contributed by atoms with Crippen molar-refractivity contribution in [3.8, 4) is 0 Å². The Labute approximate surface area is 114 Å². The van der Waals surface area contributed by atoms with Crippen molar-refractivity contribution < 1.29 is 0 Å². The number of nitrogens with zero attached hydrogens (tertiary/aromatic N) is 1. The fourth-order valence-electron chi connectivity index (χ4n) is 2.76. The average Bonchev–Trinajstić information content (AvgIpc) is 3.16. The predicted octanol–water partition coefficient (Wildman–Crippen LogP) is 3.72. The molecular formula is C15H24N2S.